The fourth-order valence-corrected chi connectivity index (χ4v) is 2.90. The number of aryl methyl sites for hydroxylation is 2. The first-order chi connectivity index (χ1) is 9.65. The van der Waals surface area contributed by atoms with E-state index in [1.165, 1.54) is 0 Å². The average Bonchev–Trinajstić information content (AvgIpc) is 2.76. The van der Waals surface area contributed by atoms with Gasteiger partial charge in [0.15, 0.2) is 0 Å². The van der Waals surface area contributed by atoms with Crippen molar-refractivity contribution >= 4 is 33.4 Å². The average molecular weight is 310 g/mol. The van der Waals surface area contributed by atoms with E-state index in [9.17, 15) is 4.21 Å². The minimum Gasteiger partial charge on any atom is -0.328 e. The van der Waals surface area contributed by atoms with Crippen LogP contribution in [0, 0.1) is 11.3 Å². The predicted octanol–water partition coefficient (Wildman–Crippen LogP) is 2.46. The Labute approximate surface area is 125 Å². The lowest BCUT2D eigenvalue weighted by Gasteiger charge is -2.08. The van der Waals surface area contributed by atoms with Gasteiger partial charge in [0.2, 0.25) is 0 Å². The molecule has 1 aromatic carbocycles. The molecule has 0 N–H and O–H groups in total. The minimum absolute atomic E-state index is 0.508. The van der Waals surface area contributed by atoms with Crippen molar-refractivity contribution in [3.63, 3.8) is 0 Å². The van der Waals surface area contributed by atoms with Crippen molar-refractivity contribution < 1.29 is 4.21 Å². The Hall–Kier alpha value is -1.38. The Bertz CT molecular complexity index is 675. The molecule has 0 saturated heterocycles. The zero-order valence-electron chi connectivity index (χ0n) is 11.3. The van der Waals surface area contributed by atoms with Crippen LogP contribution in [-0.2, 0) is 23.8 Å². The van der Waals surface area contributed by atoms with E-state index in [0.717, 1.165) is 29.8 Å². The molecule has 0 fully saturated rings. The molecular weight excluding hydrogens is 294 g/mol. The first-order valence-corrected chi connectivity index (χ1v) is 8.67. The Morgan fingerprint density at radius 3 is 2.95 bits per heavy atom. The van der Waals surface area contributed by atoms with Gasteiger partial charge < -0.3 is 4.57 Å². The van der Waals surface area contributed by atoms with E-state index >= 15 is 0 Å². The van der Waals surface area contributed by atoms with Gasteiger partial charge in [-0.25, -0.2) is 4.98 Å². The van der Waals surface area contributed by atoms with Crippen LogP contribution in [0.3, 0.4) is 0 Å². The summed E-state index contributed by atoms with van der Waals surface area (Å²) in [5, 5.41) is 9.01. The summed E-state index contributed by atoms with van der Waals surface area (Å²) in [5.41, 5.74) is 2.45. The molecule has 2 aromatic rings. The number of imidazole rings is 1. The van der Waals surface area contributed by atoms with Gasteiger partial charge in [-0.05, 0) is 24.6 Å². The van der Waals surface area contributed by atoms with Crippen molar-refractivity contribution in [2.75, 3.05) is 17.9 Å². The molecule has 0 aliphatic rings. The maximum Gasteiger partial charge on any atom is 0.111 e. The fraction of sp³-hybridized carbons (Fsp3) is 0.429. The number of benzene rings is 1. The van der Waals surface area contributed by atoms with Gasteiger partial charge in [-0.15, -0.1) is 11.6 Å². The highest BCUT2D eigenvalue weighted by Gasteiger charge is 2.11. The van der Waals surface area contributed by atoms with Gasteiger partial charge in [0, 0.05) is 41.7 Å². The number of nitriles is 1. The van der Waals surface area contributed by atoms with E-state index < -0.39 is 10.8 Å². The molecule has 4 nitrogen and oxygen atoms in total. The van der Waals surface area contributed by atoms with Crippen LogP contribution in [0.25, 0.3) is 11.0 Å². The molecule has 0 amide bonds. The third kappa shape index (κ3) is 3.38. The van der Waals surface area contributed by atoms with Crippen LogP contribution in [0.1, 0.15) is 17.8 Å². The first-order valence-electron chi connectivity index (χ1n) is 6.41. The quantitative estimate of drug-likeness (QED) is 0.770. The van der Waals surface area contributed by atoms with Crippen molar-refractivity contribution in [2.45, 2.75) is 19.4 Å². The van der Waals surface area contributed by atoms with Gasteiger partial charge in [-0.1, -0.05) is 0 Å². The summed E-state index contributed by atoms with van der Waals surface area (Å²) in [6, 6.07) is 7.63. The number of halogens is 1. The van der Waals surface area contributed by atoms with Gasteiger partial charge in [0.1, 0.15) is 5.82 Å². The van der Waals surface area contributed by atoms with Gasteiger partial charge in [0.25, 0.3) is 0 Å². The van der Waals surface area contributed by atoms with E-state index in [4.69, 9.17) is 16.9 Å². The number of rotatable bonds is 6. The second kappa shape index (κ2) is 6.87. The highest BCUT2D eigenvalue weighted by Crippen LogP contribution is 2.19. The van der Waals surface area contributed by atoms with Crippen LogP contribution in [0.15, 0.2) is 18.2 Å². The lowest BCUT2D eigenvalue weighted by molar-refractivity contribution is 0.650. The molecule has 0 spiro atoms. The van der Waals surface area contributed by atoms with E-state index in [2.05, 4.69) is 15.6 Å². The Balaban J connectivity index is 2.38. The Kier molecular flexibility index (Phi) is 5.16. The van der Waals surface area contributed by atoms with Crippen LogP contribution in [0.5, 0.6) is 0 Å². The summed E-state index contributed by atoms with van der Waals surface area (Å²) < 4.78 is 13.3. The van der Waals surface area contributed by atoms with Crippen molar-refractivity contribution in [1.82, 2.24) is 9.55 Å². The normalized spacial score (nSPS) is 12.4. The lowest BCUT2D eigenvalue weighted by atomic mass is 10.2. The Morgan fingerprint density at radius 1 is 1.50 bits per heavy atom. The Morgan fingerprint density at radius 2 is 2.30 bits per heavy atom. The molecule has 20 heavy (non-hydrogen) atoms. The maximum absolute atomic E-state index is 11.2. The van der Waals surface area contributed by atoms with Gasteiger partial charge in [-0.3, -0.25) is 4.21 Å². The molecule has 1 unspecified atom stereocenters. The van der Waals surface area contributed by atoms with Gasteiger partial charge in [0.05, 0.1) is 22.7 Å². The third-order valence-corrected chi connectivity index (χ3v) is 4.14. The zero-order valence-corrected chi connectivity index (χ0v) is 12.9. The van der Waals surface area contributed by atoms with Gasteiger partial charge in [-0.2, -0.15) is 5.26 Å². The summed E-state index contributed by atoms with van der Waals surface area (Å²) in [6.45, 7) is 0.747. The largest absolute Gasteiger partial charge is 0.328 e. The molecule has 6 heteroatoms. The summed E-state index contributed by atoms with van der Waals surface area (Å²) in [5.74, 6) is 2.10. The second-order valence-electron chi connectivity index (χ2n) is 4.56. The molecule has 0 radical (unpaired) electrons. The van der Waals surface area contributed by atoms with E-state index in [1.54, 1.807) is 12.3 Å². The smallest absolute Gasteiger partial charge is 0.111 e. The predicted molar refractivity (Wildman–Crippen MR) is 82.4 cm³/mol. The number of aromatic nitrogens is 2. The summed E-state index contributed by atoms with van der Waals surface area (Å²) >= 11 is 5.82. The van der Waals surface area contributed by atoms with Crippen molar-refractivity contribution in [3.05, 3.63) is 29.6 Å². The standard InChI is InChI=1S/C14H16ClN3OS/c1-20(19)8-2-7-18-13-9-11(10-16)3-4-12(13)17-14(18)5-6-15/h3-4,9H,2,5-8H2,1H3. The molecule has 0 saturated carbocycles. The fourth-order valence-electron chi connectivity index (χ4n) is 2.19. The number of nitrogens with zero attached hydrogens (tertiary/aromatic N) is 3. The summed E-state index contributed by atoms with van der Waals surface area (Å²) in [4.78, 5) is 4.57. The molecule has 0 aliphatic carbocycles. The van der Waals surface area contributed by atoms with E-state index in [-0.39, 0.29) is 0 Å². The topological polar surface area (TPSA) is 58.7 Å². The second-order valence-corrected chi connectivity index (χ2v) is 6.50. The molecular formula is C14H16ClN3OS. The van der Waals surface area contributed by atoms with Crippen LogP contribution in [0.4, 0.5) is 0 Å². The molecule has 1 atom stereocenters. The van der Waals surface area contributed by atoms with Crippen LogP contribution >= 0.6 is 11.6 Å². The van der Waals surface area contributed by atoms with Crippen molar-refractivity contribution in [3.8, 4) is 6.07 Å². The zero-order chi connectivity index (χ0) is 14.5. The summed E-state index contributed by atoms with van der Waals surface area (Å²) in [6.07, 6.45) is 3.22. The SMILES string of the molecule is CS(=O)CCCn1c(CCCl)nc2ccc(C#N)cc21. The van der Waals surface area contributed by atoms with Gasteiger partial charge >= 0.3 is 0 Å². The lowest BCUT2D eigenvalue weighted by Crippen LogP contribution is -2.07. The van der Waals surface area contributed by atoms with Crippen molar-refractivity contribution in [1.29, 1.82) is 5.26 Å². The molecule has 106 valence electrons. The van der Waals surface area contributed by atoms with E-state index in [0.29, 0.717) is 23.6 Å². The van der Waals surface area contributed by atoms with E-state index in [1.807, 2.05) is 12.1 Å². The number of hydrogen-bond donors (Lipinski definition) is 0. The highest BCUT2D eigenvalue weighted by molar-refractivity contribution is 7.84. The first kappa shape index (κ1) is 15.0. The number of fused-ring (bicyclic) bond motifs is 1. The minimum atomic E-state index is -0.789. The monoisotopic (exact) mass is 309 g/mol. The molecule has 0 aliphatic heterocycles. The third-order valence-electron chi connectivity index (χ3n) is 3.09. The highest BCUT2D eigenvalue weighted by atomic mass is 35.5. The van der Waals surface area contributed by atoms with Crippen LogP contribution in [0.2, 0.25) is 0 Å². The number of alkyl halides is 1. The molecule has 1 aromatic heterocycles. The van der Waals surface area contributed by atoms with Crippen LogP contribution in [-0.4, -0.2) is 31.6 Å². The maximum atomic E-state index is 11.2. The summed E-state index contributed by atoms with van der Waals surface area (Å²) in [7, 11) is -0.789. The van der Waals surface area contributed by atoms with Crippen molar-refractivity contribution in [2.24, 2.45) is 0 Å². The van der Waals surface area contributed by atoms with Crippen LogP contribution < -0.4 is 0 Å². The molecule has 0 bridgehead atoms. The number of hydrogen-bond acceptors (Lipinski definition) is 3. The molecule has 1 heterocycles. The molecule has 2 rings (SSSR count).